The Balaban J connectivity index is 2.84. The van der Waals surface area contributed by atoms with Crippen molar-refractivity contribution in [2.45, 2.75) is 77.3 Å². The lowest BCUT2D eigenvalue weighted by molar-refractivity contribution is 0.0760. The highest BCUT2D eigenvalue weighted by atomic mass is 15.2. The monoisotopic (exact) mass is 254 g/mol. The molecule has 0 heterocycles. The zero-order valence-corrected chi connectivity index (χ0v) is 13.3. The van der Waals surface area contributed by atoms with Gasteiger partial charge in [0.15, 0.2) is 0 Å². The number of nitrogens with one attached hydrogen (secondary N) is 1. The van der Waals surface area contributed by atoms with Gasteiger partial charge in [-0.25, -0.2) is 0 Å². The van der Waals surface area contributed by atoms with E-state index in [2.05, 4.69) is 45.1 Å². The molecule has 0 aromatic heterocycles. The maximum Gasteiger partial charge on any atom is 0.0328 e. The van der Waals surface area contributed by atoms with Crippen molar-refractivity contribution < 1.29 is 0 Å². The second-order valence-electron chi connectivity index (χ2n) is 6.39. The van der Waals surface area contributed by atoms with Gasteiger partial charge in [-0.15, -0.1) is 0 Å². The molecular formula is C16H34N2. The van der Waals surface area contributed by atoms with Crippen LogP contribution in [-0.4, -0.2) is 37.1 Å². The van der Waals surface area contributed by atoms with Gasteiger partial charge in [0.05, 0.1) is 0 Å². The first-order valence-corrected chi connectivity index (χ1v) is 7.97. The average Bonchev–Trinajstić information content (AvgIpc) is 2.63. The van der Waals surface area contributed by atoms with E-state index >= 15 is 0 Å². The molecule has 0 radical (unpaired) electrons. The van der Waals surface area contributed by atoms with Crippen LogP contribution in [0.2, 0.25) is 0 Å². The Hall–Kier alpha value is -0.0800. The van der Waals surface area contributed by atoms with Gasteiger partial charge >= 0.3 is 0 Å². The van der Waals surface area contributed by atoms with Crippen molar-refractivity contribution >= 4 is 0 Å². The van der Waals surface area contributed by atoms with Gasteiger partial charge in [-0.3, -0.25) is 0 Å². The van der Waals surface area contributed by atoms with Gasteiger partial charge < -0.3 is 10.2 Å². The summed E-state index contributed by atoms with van der Waals surface area (Å²) in [4.78, 5) is 2.44. The molecule has 1 rings (SSSR count). The minimum absolute atomic E-state index is 0.283. The molecule has 1 N–H and O–H groups in total. The number of nitrogens with zero attached hydrogens (tertiary/aromatic N) is 1. The van der Waals surface area contributed by atoms with Crippen molar-refractivity contribution in [3.63, 3.8) is 0 Å². The summed E-state index contributed by atoms with van der Waals surface area (Å²) in [6.07, 6.45) is 9.80. The van der Waals surface area contributed by atoms with E-state index in [1.165, 1.54) is 44.9 Å². The molecule has 0 aliphatic heterocycles. The quantitative estimate of drug-likeness (QED) is 0.728. The van der Waals surface area contributed by atoms with Crippen molar-refractivity contribution in [3.05, 3.63) is 0 Å². The fourth-order valence-electron chi connectivity index (χ4n) is 3.57. The van der Waals surface area contributed by atoms with E-state index in [1.807, 2.05) is 0 Å². The van der Waals surface area contributed by atoms with Crippen LogP contribution in [0.3, 0.4) is 0 Å². The van der Waals surface area contributed by atoms with Gasteiger partial charge in [0.25, 0.3) is 0 Å². The topological polar surface area (TPSA) is 15.3 Å². The number of likely N-dealkylation sites (N-methyl/N-ethyl adjacent to an activating group) is 2. The predicted molar refractivity (Wildman–Crippen MR) is 81.0 cm³/mol. The van der Waals surface area contributed by atoms with Crippen molar-refractivity contribution in [2.24, 2.45) is 5.92 Å². The van der Waals surface area contributed by atoms with E-state index in [0.29, 0.717) is 6.04 Å². The molecule has 2 heteroatoms. The minimum atomic E-state index is 0.283. The number of rotatable bonds is 6. The van der Waals surface area contributed by atoms with E-state index in [1.54, 1.807) is 0 Å². The van der Waals surface area contributed by atoms with Crippen LogP contribution >= 0.6 is 0 Å². The molecule has 0 spiro atoms. The molecule has 108 valence electrons. The Morgan fingerprint density at radius 3 is 2.06 bits per heavy atom. The normalized spacial score (nSPS) is 23.7. The first-order chi connectivity index (χ1) is 8.56. The molecule has 1 saturated carbocycles. The third-order valence-electron chi connectivity index (χ3n) is 5.20. The van der Waals surface area contributed by atoms with Gasteiger partial charge in [-0.1, -0.05) is 39.5 Å². The molecule has 0 aromatic carbocycles. The number of hydrogen-bond donors (Lipinski definition) is 1. The Morgan fingerprint density at radius 2 is 1.67 bits per heavy atom. The van der Waals surface area contributed by atoms with Crippen molar-refractivity contribution in [1.29, 1.82) is 0 Å². The molecule has 2 atom stereocenters. The summed E-state index contributed by atoms with van der Waals surface area (Å²) in [7, 11) is 4.48. The molecule has 1 aliphatic carbocycles. The second kappa shape index (κ2) is 7.49. The molecule has 1 aliphatic rings. The highest BCUT2D eigenvalue weighted by Gasteiger charge is 2.38. The standard InChI is InChI=1S/C16H34N2/c1-6-16(3,18(4)5)15(17-7-2)14-12-10-8-9-11-13-14/h14-15,17H,6-13H2,1-5H3. The summed E-state index contributed by atoms with van der Waals surface area (Å²) in [6, 6.07) is 0.639. The molecule has 18 heavy (non-hydrogen) atoms. The van der Waals surface area contributed by atoms with Gasteiger partial charge in [0, 0.05) is 11.6 Å². The largest absolute Gasteiger partial charge is 0.312 e. The van der Waals surface area contributed by atoms with Crippen molar-refractivity contribution in [1.82, 2.24) is 10.2 Å². The Bertz CT molecular complexity index is 219. The van der Waals surface area contributed by atoms with E-state index in [4.69, 9.17) is 0 Å². The molecule has 1 fully saturated rings. The molecule has 2 unspecified atom stereocenters. The zero-order chi connectivity index (χ0) is 13.6. The van der Waals surface area contributed by atoms with Crippen LogP contribution in [0, 0.1) is 5.92 Å². The lowest BCUT2D eigenvalue weighted by Gasteiger charge is -2.46. The van der Waals surface area contributed by atoms with Crippen LogP contribution < -0.4 is 5.32 Å². The molecular weight excluding hydrogens is 220 g/mol. The van der Waals surface area contributed by atoms with Gasteiger partial charge in [0.1, 0.15) is 0 Å². The van der Waals surface area contributed by atoms with Gasteiger partial charge in [-0.05, 0) is 52.7 Å². The van der Waals surface area contributed by atoms with Crippen LogP contribution in [0.1, 0.15) is 65.7 Å². The van der Waals surface area contributed by atoms with Crippen LogP contribution in [0.25, 0.3) is 0 Å². The lowest BCUT2D eigenvalue weighted by atomic mass is 9.77. The Labute approximate surface area is 115 Å². The fourth-order valence-corrected chi connectivity index (χ4v) is 3.57. The Morgan fingerprint density at radius 1 is 1.11 bits per heavy atom. The number of hydrogen-bond acceptors (Lipinski definition) is 2. The molecule has 0 bridgehead atoms. The SMILES string of the molecule is CCNC(C1CCCCCC1)C(C)(CC)N(C)C. The van der Waals surface area contributed by atoms with Gasteiger partial charge in [0.2, 0.25) is 0 Å². The summed E-state index contributed by atoms with van der Waals surface area (Å²) in [6.45, 7) is 8.10. The Kier molecular flexibility index (Phi) is 6.65. The summed E-state index contributed by atoms with van der Waals surface area (Å²) in [5.41, 5.74) is 0.283. The maximum absolute atomic E-state index is 3.81. The van der Waals surface area contributed by atoms with Gasteiger partial charge in [-0.2, -0.15) is 0 Å². The summed E-state index contributed by atoms with van der Waals surface area (Å²) in [5.74, 6) is 0.861. The molecule has 0 saturated heterocycles. The van der Waals surface area contributed by atoms with Crippen molar-refractivity contribution in [2.75, 3.05) is 20.6 Å². The van der Waals surface area contributed by atoms with Crippen LogP contribution in [0.5, 0.6) is 0 Å². The highest BCUT2D eigenvalue weighted by Crippen LogP contribution is 2.33. The molecule has 2 nitrogen and oxygen atoms in total. The first kappa shape index (κ1) is 16.0. The summed E-state index contributed by atoms with van der Waals surface area (Å²) >= 11 is 0. The second-order valence-corrected chi connectivity index (χ2v) is 6.39. The lowest BCUT2D eigenvalue weighted by Crippen LogP contribution is -2.59. The smallest absolute Gasteiger partial charge is 0.0328 e. The van der Waals surface area contributed by atoms with Crippen LogP contribution in [-0.2, 0) is 0 Å². The summed E-state index contributed by atoms with van der Waals surface area (Å²) < 4.78 is 0. The van der Waals surface area contributed by atoms with E-state index in [0.717, 1.165) is 12.5 Å². The maximum atomic E-state index is 3.81. The molecule has 0 amide bonds. The minimum Gasteiger partial charge on any atom is -0.312 e. The molecule has 0 aromatic rings. The van der Waals surface area contributed by atoms with E-state index in [-0.39, 0.29) is 5.54 Å². The average molecular weight is 254 g/mol. The van der Waals surface area contributed by atoms with Crippen LogP contribution in [0.4, 0.5) is 0 Å². The predicted octanol–water partition coefficient (Wildman–Crippen LogP) is 3.67. The first-order valence-electron chi connectivity index (χ1n) is 7.97. The van der Waals surface area contributed by atoms with E-state index in [9.17, 15) is 0 Å². The van der Waals surface area contributed by atoms with E-state index < -0.39 is 0 Å². The fraction of sp³-hybridized carbons (Fsp3) is 1.00. The third kappa shape index (κ3) is 3.71. The highest BCUT2D eigenvalue weighted by molar-refractivity contribution is 4.98. The summed E-state index contributed by atoms with van der Waals surface area (Å²) in [5, 5.41) is 3.81. The van der Waals surface area contributed by atoms with Crippen molar-refractivity contribution in [3.8, 4) is 0 Å². The third-order valence-corrected chi connectivity index (χ3v) is 5.20. The zero-order valence-electron chi connectivity index (χ0n) is 13.3. The van der Waals surface area contributed by atoms with Crippen LogP contribution in [0.15, 0.2) is 0 Å².